The van der Waals surface area contributed by atoms with Crippen LogP contribution in [0.25, 0.3) is 11.4 Å². The molecule has 0 atom stereocenters. The predicted octanol–water partition coefficient (Wildman–Crippen LogP) is 6.46. The summed E-state index contributed by atoms with van der Waals surface area (Å²) in [6.07, 6.45) is 5.57. The van der Waals surface area contributed by atoms with E-state index < -0.39 is 11.6 Å². The van der Waals surface area contributed by atoms with Crippen LogP contribution in [0.15, 0.2) is 65.8 Å². The van der Waals surface area contributed by atoms with Crippen LogP contribution < -0.4 is 4.90 Å². The number of hydrogen-bond acceptors (Lipinski definition) is 5. The quantitative estimate of drug-likeness (QED) is 0.421. The van der Waals surface area contributed by atoms with Crippen molar-refractivity contribution >= 4 is 5.69 Å². The van der Waals surface area contributed by atoms with E-state index in [4.69, 9.17) is 4.74 Å². The van der Waals surface area contributed by atoms with Gasteiger partial charge in [-0.3, -0.25) is 4.98 Å². The number of anilines is 1. The summed E-state index contributed by atoms with van der Waals surface area (Å²) in [5, 5.41) is 0. The van der Waals surface area contributed by atoms with Crippen LogP contribution in [0.2, 0.25) is 0 Å². The molecule has 0 saturated heterocycles. The third-order valence-corrected chi connectivity index (χ3v) is 5.80. The highest BCUT2D eigenvalue weighted by molar-refractivity contribution is 5.67. The zero-order chi connectivity index (χ0) is 24.4. The number of halogens is 2. The molecule has 4 rings (SSSR count). The maximum absolute atomic E-state index is 14.0. The van der Waals surface area contributed by atoms with Gasteiger partial charge in [-0.15, -0.1) is 0 Å². The summed E-state index contributed by atoms with van der Waals surface area (Å²) in [4.78, 5) is 15.8. The van der Waals surface area contributed by atoms with Gasteiger partial charge < -0.3 is 9.64 Å². The fourth-order valence-corrected chi connectivity index (χ4v) is 3.80. The molecule has 0 N–H and O–H groups in total. The Balaban J connectivity index is 1.57. The fourth-order valence-electron chi connectivity index (χ4n) is 3.80. The van der Waals surface area contributed by atoms with Gasteiger partial charge in [-0.2, -0.15) is 0 Å². The number of benzene rings is 1. The zero-order valence-electron chi connectivity index (χ0n) is 20.1. The topological polar surface area (TPSA) is 51.1 Å². The molecule has 7 heteroatoms. The molecule has 0 bridgehead atoms. The number of aryl methyl sites for hydroxylation is 1. The van der Waals surface area contributed by atoms with Gasteiger partial charge in [0.25, 0.3) is 0 Å². The van der Waals surface area contributed by atoms with Crippen LogP contribution in [0, 0.1) is 18.6 Å². The molecule has 2 aromatic heterocycles. The molecule has 1 aromatic carbocycles. The Labute approximate surface area is 198 Å². The molecule has 0 fully saturated rings. The Morgan fingerprint density at radius 2 is 1.82 bits per heavy atom. The van der Waals surface area contributed by atoms with Gasteiger partial charge in [0.2, 0.25) is 0 Å². The Morgan fingerprint density at radius 3 is 2.56 bits per heavy atom. The molecule has 0 saturated carbocycles. The number of nitrogens with zero attached hydrogens (tertiary/aromatic N) is 4. The van der Waals surface area contributed by atoms with E-state index in [0.29, 0.717) is 17.9 Å². The highest BCUT2D eigenvalue weighted by Gasteiger charge is 2.21. The maximum atomic E-state index is 14.0. The smallest absolute Gasteiger partial charge is 0.132 e. The van der Waals surface area contributed by atoms with Crippen LogP contribution in [-0.2, 0) is 11.3 Å². The number of allylic oxidation sites excluding steroid dienone is 2. The van der Waals surface area contributed by atoms with Gasteiger partial charge in [-0.1, -0.05) is 13.8 Å². The Hall–Kier alpha value is -3.61. The van der Waals surface area contributed by atoms with Gasteiger partial charge in [0, 0.05) is 47.9 Å². The van der Waals surface area contributed by atoms with Crippen molar-refractivity contribution in [3.05, 3.63) is 94.4 Å². The number of hydrogen-bond donors (Lipinski definition) is 0. The lowest BCUT2D eigenvalue weighted by molar-refractivity contribution is 0.202. The van der Waals surface area contributed by atoms with Crippen LogP contribution in [0.3, 0.4) is 0 Å². The molecule has 0 spiro atoms. The Morgan fingerprint density at radius 1 is 1.03 bits per heavy atom. The van der Waals surface area contributed by atoms with E-state index in [1.807, 2.05) is 45.2 Å². The fraction of sp³-hybridized carbons (Fsp3) is 0.296. The normalized spacial score (nSPS) is 14.0. The molecule has 3 aromatic rings. The van der Waals surface area contributed by atoms with Crippen molar-refractivity contribution < 1.29 is 13.5 Å². The summed E-state index contributed by atoms with van der Waals surface area (Å²) >= 11 is 0. The van der Waals surface area contributed by atoms with Crippen molar-refractivity contribution in [2.24, 2.45) is 0 Å². The lowest BCUT2D eigenvalue weighted by atomic mass is 10.1. The Bertz CT molecular complexity index is 1280. The molecule has 1 aliphatic rings. The molecule has 5 nitrogen and oxygen atoms in total. The van der Waals surface area contributed by atoms with Crippen LogP contribution in [0.5, 0.6) is 0 Å². The number of ether oxygens (including phenoxy) is 1. The lowest BCUT2D eigenvalue weighted by Crippen LogP contribution is -2.28. The molecule has 0 unspecified atom stereocenters. The van der Waals surface area contributed by atoms with E-state index in [1.165, 1.54) is 12.1 Å². The van der Waals surface area contributed by atoms with Crippen LogP contribution >= 0.6 is 0 Å². The summed E-state index contributed by atoms with van der Waals surface area (Å²) in [6.45, 7) is 10.8. The largest absolute Gasteiger partial charge is 0.489 e. The summed E-state index contributed by atoms with van der Waals surface area (Å²) in [6, 6.07) is 7.43. The van der Waals surface area contributed by atoms with Gasteiger partial charge in [0.1, 0.15) is 29.8 Å². The summed E-state index contributed by atoms with van der Waals surface area (Å²) < 4.78 is 33.0. The minimum absolute atomic E-state index is 0.0346. The SMILES string of the molecule is CC1=CC(OCc2ccc(F)cc2F)=C(C)CN1c1cc(-c2ccnc(C(C)C)n2)ncc1C. The van der Waals surface area contributed by atoms with E-state index in [-0.39, 0.29) is 12.5 Å². The van der Waals surface area contributed by atoms with Crippen LogP contribution in [0.4, 0.5) is 14.5 Å². The van der Waals surface area contributed by atoms with Crippen molar-refractivity contribution in [2.75, 3.05) is 11.4 Å². The summed E-state index contributed by atoms with van der Waals surface area (Å²) in [5.74, 6) is 0.499. The molecular weight excluding hydrogens is 434 g/mol. The first-order valence-electron chi connectivity index (χ1n) is 11.2. The first-order chi connectivity index (χ1) is 16.2. The first-order valence-corrected chi connectivity index (χ1v) is 11.2. The predicted molar refractivity (Wildman–Crippen MR) is 129 cm³/mol. The number of aromatic nitrogens is 3. The molecule has 34 heavy (non-hydrogen) atoms. The number of rotatable bonds is 6. The standard InChI is InChI=1S/C27H28F2N4O/c1-16(2)27-30-9-8-23(32-27)24-12-25(17(3)13-31-24)33-14-18(4)26(10-19(33)5)34-15-20-6-7-21(28)11-22(20)29/h6-13,16H,14-15H2,1-5H3. The second-order valence-corrected chi connectivity index (χ2v) is 8.85. The van der Waals surface area contributed by atoms with E-state index in [0.717, 1.165) is 45.8 Å². The minimum Gasteiger partial charge on any atom is -0.489 e. The van der Waals surface area contributed by atoms with Gasteiger partial charge in [-0.05, 0) is 62.2 Å². The lowest BCUT2D eigenvalue weighted by Gasteiger charge is -2.32. The average Bonchev–Trinajstić information content (AvgIpc) is 2.81. The summed E-state index contributed by atoms with van der Waals surface area (Å²) in [5.41, 5.74) is 5.97. The van der Waals surface area contributed by atoms with E-state index in [1.54, 1.807) is 6.20 Å². The molecule has 3 heterocycles. The zero-order valence-corrected chi connectivity index (χ0v) is 20.1. The molecule has 0 aliphatic carbocycles. The van der Waals surface area contributed by atoms with Crippen LogP contribution in [-0.4, -0.2) is 21.5 Å². The summed E-state index contributed by atoms with van der Waals surface area (Å²) in [7, 11) is 0. The molecule has 176 valence electrons. The average molecular weight is 463 g/mol. The highest BCUT2D eigenvalue weighted by atomic mass is 19.1. The van der Waals surface area contributed by atoms with Gasteiger partial charge in [0.15, 0.2) is 0 Å². The first kappa shape index (κ1) is 23.5. The van der Waals surface area contributed by atoms with Crippen molar-refractivity contribution in [3.8, 4) is 11.4 Å². The van der Waals surface area contributed by atoms with Gasteiger partial charge in [-0.25, -0.2) is 18.7 Å². The Kier molecular flexibility index (Phi) is 6.72. The van der Waals surface area contributed by atoms with Crippen molar-refractivity contribution in [2.45, 2.75) is 47.1 Å². The van der Waals surface area contributed by atoms with E-state index in [9.17, 15) is 8.78 Å². The second-order valence-electron chi connectivity index (χ2n) is 8.85. The minimum atomic E-state index is -0.610. The molecule has 1 aliphatic heterocycles. The van der Waals surface area contributed by atoms with Gasteiger partial charge >= 0.3 is 0 Å². The van der Waals surface area contributed by atoms with E-state index in [2.05, 4.69) is 33.7 Å². The second kappa shape index (κ2) is 9.71. The van der Waals surface area contributed by atoms with Crippen molar-refractivity contribution in [1.29, 1.82) is 0 Å². The van der Waals surface area contributed by atoms with Crippen LogP contribution in [0.1, 0.15) is 50.6 Å². The highest BCUT2D eigenvalue weighted by Crippen LogP contribution is 2.32. The molecule has 0 amide bonds. The monoisotopic (exact) mass is 462 g/mol. The van der Waals surface area contributed by atoms with Crippen molar-refractivity contribution in [1.82, 2.24) is 15.0 Å². The van der Waals surface area contributed by atoms with E-state index >= 15 is 0 Å². The maximum Gasteiger partial charge on any atom is 0.132 e. The van der Waals surface area contributed by atoms with Crippen molar-refractivity contribution in [3.63, 3.8) is 0 Å². The third-order valence-electron chi connectivity index (χ3n) is 5.80. The van der Waals surface area contributed by atoms with Gasteiger partial charge in [0.05, 0.1) is 11.4 Å². The third kappa shape index (κ3) is 4.98. The molecular formula is C27H28F2N4O. The molecule has 0 radical (unpaired) electrons. The number of pyridine rings is 1.